The molecule has 3 rings (SSSR count). The molecule has 2 amide bonds. The SMILES string of the molecule is O=C(Cc1cc(F)cc(F)c1)NC[C@@H]1CN[C@H](C(=O)N2CCSC2)C1. The van der Waals surface area contributed by atoms with E-state index in [0.29, 0.717) is 25.1 Å². The van der Waals surface area contributed by atoms with Gasteiger partial charge in [-0.1, -0.05) is 0 Å². The number of nitrogens with zero attached hydrogens (tertiary/aromatic N) is 1. The number of halogens is 2. The molecule has 8 heteroatoms. The van der Waals surface area contributed by atoms with E-state index in [1.54, 1.807) is 11.8 Å². The first-order valence-electron chi connectivity index (χ1n) is 8.33. The number of benzene rings is 1. The lowest BCUT2D eigenvalue weighted by molar-refractivity contribution is -0.131. The normalized spacial score (nSPS) is 23.0. The summed E-state index contributed by atoms with van der Waals surface area (Å²) in [6, 6.07) is 2.91. The number of amides is 2. The predicted octanol–water partition coefficient (Wildman–Crippen LogP) is 1.13. The minimum atomic E-state index is -0.691. The number of rotatable bonds is 5. The maximum absolute atomic E-state index is 13.1. The molecule has 1 aromatic rings. The second kappa shape index (κ2) is 8.14. The van der Waals surface area contributed by atoms with Crippen molar-refractivity contribution in [3.8, 4) is 0 Å². The molecule has 2 aliphatic rings. The van der Waals surface area contributed by atoms with Gasteiger partial charge in [0.25, 0.3) is 0 Å². The van der Waals surface area contributed by atoms with Gasteiger partial charge in [0.1, 0.15) is 11.6 Å². The fourth-order valence-electron chi connectivity index (χ4n) is 3.18. The van der Waals surface area contributed by atoms with Crippen LogP contribution in [0.3, 0.4) is 0 Å². The summed E-state index contributed by atoms with van der Waals surface area (Å²) in [5, 5.41) is 6.01. The third-order valence-electron chi connectivity index (χ3n) is 4.46. The summed E-state index contributed by atoms with van der Waals surface area (Å²) in [5.74, 6) is 0.386. The quantitative estimate of drug-likeness (QED) is 0.817. The highest BCUT2D eigenvalue weighted by Crippen LogP contribution is 2.20. The predicted molar refractivity (Wildman–Crippen MR) is 92.0 cm³/mol. The van der Waals surface area contributed by atoms with E-state index in [-0.39, 0.29) is 30.2 Å². The van der Waals surface area contributed by atoms with Crippen LogP contribution in [0.2, 0.25) is 0 Å². The van der Waals surface area contributed by atoms with Crippen molar-refractivity contribution >= 4 is 23.6 Å². The van der Waals surface area contributed by atoms with Crippen molar-refractivity contribution in [1.82, 2.24) is 15.5 Å². The van der Waals surface area contributed by atoms with E-state index < -0.39 is 11.6 Å². The fourth-order valence-corrected chi connectivity index (χ4v) is 4.14. The van der Waals surface area contributed by atoms with E-state index in [2.05, 4.69) is 10.6 Å². The van der Waals surface area contributed by atoms with Gasteiger partial charge in [0.15, 0.2) is 0 Å². The molecule has 0 aliphatic carbocycles. The Hall–Kier alpha value is -1.67. The average molecular weight is 369 g/mol. The monoisotopic (exact) mass is 369 g/mol. The van der Waals surface area contributed by atoms with Crippen molar-refractivity contribution in [3.05, 3.63) is 35.4 Å². The molecule has 2 aliphatic heterocycles. The Morgan fingerprint density at radius 2 is 2.04 bits per heavy atom. The second-order valence-electron chi connectivity index (χ2n) is 6.46. The summed E-state index contributed by atoms with van der Waals surface area (Å²) in [7, 11) is 0. The molecule has 0 spiro atoms. The van der Waals surface area contributed by atoms with Gasteiger partial charge in [-0.3, -0.25) is 9.59 Å². The maximum Gasteiger partial charge on any atom is 0.240 e. The zero-order chi connectivity index (χ0) is 17.8. The topological polar surface area (TPSA) is 61.4 Å². The summed E-state index contributed by atoms with van der Waals surface area (Å²) in [6.07, 6.45) is 0.622. The summed E-state index contributed by atoms with van der Waals surface area (Å²) in [6.45, 7) is 1.92. The number of carbonyl (C=O) groups is 2. The Labute approximate surface area is 149 Å². The van der Waals surface area contributed by atoms with Crippen LogP contribution in [-0.4, -0.2) is 54.0 Å². The molecule has 0 aromatic heterocycles. The molecule has 0 saturated carbocycles. The highest BCUT2D eigenvalue weighted by molar-refractivity contribution is 7.99. The number of nitrogens with one attached hydrogen (secondary N) is 2. The molecule has 2 saturated heterocycles. The van der Waals surface area contributed by atoms with E-state index >= 15 is 0 Å². The van der Waals surface area contributed by atoms with Crippen molar-refractivity contribution in [1.29, 1.82) is 0 Å². The van der Waals surface area contributed by atoms with Crippen LogP contribution in [0.15, 0.2) is 18.2 Å². The lowest BCUT2D eigenvalue weighted by Crippen LogP contribution is -2.42. The molecular weight excluding hydrogens is 348 g/mol. The Kier molecular flexibility index (Phi) is 5.90. The standard InChI is InChI=1S/C17H21F2N3O2S/c18-13-3-11(4-14(19)7-13)6-16(23)21-9-12-5-15(20-8-12)17(24)22-1-2-25-10-22/h3-4,7,12,15,20H,1-2,5-6,8-10H2,(H,21,23)/t12-,15-/m0/s1. The smallest absolute Gasteiger partial charge is 0.240 e. The lowest BCUT2D eigenvalue weighted by Gasteiger charge is -2.19. The van der Waals surface area contributed by atoms with Crippen molar-refractivity contribution in [2.45, 2.75) is 18.9 Å². The van der Waals surface area contributed by atoms with Gasteiger partial charge in [-0.05, 0) is 30.0 Å². The summed E-state index contributed by atoms with van der Waals surface area (Å²) < 4.78 is 26.3. The van der Waals surface area contributed by atoms with E-state index in [0.717, 1.165) is 36.4 Å². The number of carbonyl (C=O) groups excluding carboxylic acids is 2. The van der Waals surface area contributed by atoms with Crippen LogP contribution in [0.25, 0.3) is 0 Å². The minimum absolute atomic E-state index is 0.0673. The molecule has 2 N–H and O–H groups in total. The van der Waals surface area contributed by atoms with Crippen LogP contribution in [0, 0.1) is 17.6 Å². The maximum atomic E-state index is 13.1. The van der Waals surface area contributed by atoms with Crippen LogP contribution in [-0.2, 0) is 16.0 Å². The molecule has 0 bridgehead atoms. The van der Waals surface area contributed by atoms with Gasteiger partial charge in [0, 0.05) is 31.5 Å². The Morgan fingerprint density at radius 1 is 1.28 bits per heavy atom. The molecule has 5 nitrogen and oxygen atoms in total. The molecule has 2 fully saturated rings. The van der Waals surface area contributed by atoms with Crippen molar-refractivity contribution in [2.24, 2.45) is 5.92 Å². The van der Waals surface area contributed by atoms with E-state index in [1.807, 2.05) is 4.90 Å². The molecule has 136 valence electrons. The summed E-state index contributed by atoms with van der Waals surface area (Å²) >= 11 is 1.75. The van der Waals surface area contributed by atoms with Crippen molar-refractivity contribution in [3.63, 3.8) is 0 Å². The third-order valence-corrected chi connectivity index (χ3v) is 5.42. The Morgan fingerprint density at radius 3 is 2.72 bits per heavy atom. The molecular formula is C17H21F2N3O2S. The summed E-state index contributed by atoms with van der Waals surface area (Å²) in [4.78, 5) is 26.2. The van der Waals surface area contributed by atoms with Crippen LogP contribution < -0.4 is 10.6 Å². The van der Waals surface area contributed by atoms with Gasteiger partial charge in [-0.15, -0.1) is 11.8 Å². The zero-order valence-electron chi connectivity index (χ0n) is 13.8. The average Bonchev–Trinajstić information content (AvgIpc) is 3.23. The zero-order valence-corrected chi connectivity index (χ0v) is 14.6. The van der Waals surface area contributed by atoms with Crippen molar-refractivity contribution in [2.75, 3.05) is 31.3 Å². The van der Waals surface area contributed by atoms with E-state index in [1.165, 1.54) is 0 Å². The molecule has 2 atom stereocenters. The molecule has 25 heavy (non-hydrogen) atoms. The van der Waals surface area contributed by atoms with Gasteiger partial charge in [0.2, 0.25) is 11.8 Å². The van der Waals surface area contributed by atoms with Gasteiger partial charge in [0.05, 0.1) is 18.3 Å². The van der Waals surface area contributed by atoms with Gasteiger partial charge in [-0.2, -0.15) is 0 Å². The van der Waals surface area contributed by atoms with Crippen LogP contribution in [0.5, 0.6) is 0 Å². The highest BCUT2D eigenvalue weighted by atomic mass is 32.2. The van der Waals surface area contributed by atoms with Crippen LogP contribution >= 0.6 is 11.8 Å². The first-order valence-corrected chi connectivity index (χ1v) is 9.48. The number of hydrogen-bond donors (Lipinski definition) is 2. The first-order chi connectivity index (χ1) is 12.0. The van der Waals surface area contributed by atoms with Crippen LogP contribution in [0.1, 0.15) is 12.0 Å². The summed E-state index contributed by atoms with van der Waals surface area (Å²) in [5.41, 5.74) is 0.305. The Bertz CT molecular complexity index is 633. The third kappa shape index (κ3) is 4.92. The number of thioether (sulfide) groups is 1. The van der Waals surface area contributed by atoms with Gasteiger partial charge >= 0.3 is 0 Å². The minimum Gasteiger partial charge on any atom is -0.355 e. The van der Waals surface area contributed by atoms with Crippen LogP contribution in [0.4, 0.5) is 8.78 Å². The highest BCUT2D eigenvalue weighted by Gasteiger charge is 2.33. The fraction of sp³-hybridized carbons (Fsp3) is 0.529. The van der Waals surface area contributed by atoms with E-state index in [4.69, 9.17) is 0 Å². The van der Waals surface area contributed by atoms with Crippen molar-refractivity contribution < 1.29 is 18.4 Å². The Balaban J connectivity index is 1.42. The van der Waals surface area contributed by atoms with E-state index in [9.17, 15) is 18.4 Å². The second-order valence-corrected chi connectivity index (χ2v) is 7.53. The largest absolute Gasteiger partial charge is 0.355 e. The molecule has 1 aromatic carbocycles. The molecule has 0 radical (unpaired) electrons. The first kappa shape index (κ1) is 18.1. The molecule has 0 unspecified atom stereocenters. The van der Waals surface area contributed by atoms with Gasteiger partial charge in [-0.25, -0.2) is 8.78 Å². The van der Waals surface area contributed by atoms with Gasteiger partial charge < -0.3 is 15.5 Å². The number of hydrogen-bond acceptors (Lipinski definition) is 4. The lowest BCUT2D eigenvalue weighted by atomic mass is 10.0. The molecule has 2 heterocycles.